The van der Waals surface area contributed by atoms with Crippen LogP contribution in [0.3, 0.4) is 0 Å². The first-order valence-electron chi connectivity index (χ1n) is 2.69. The smallest absolute Gasteiger partial charge is 0.231 e. The molecule has 0 atom stereocenters. The fraction of sp³-hybridized carbons (Fsp3) is 0.800. The van der Waals surface area contributed by atoms with Gasteiger partial charge in [-0.25, -0.2) is 0 Å². The van der Waals surface area contributed by atoms with Crippen molar-refractivity contribution in [3.63, 3.8) is 0 Å². The first-order valence-corrected chi connectivity index (χ1v) is 6.22. The van der Waals surface area contributed by atoms with Crippen LogP contribution in [0.25, 0.3) is 0 Å². The summed E-state index contributed by atoms with van der Waals surface area (Å²) < 4.78 is 0. The molecule has 0 radical (unpaired) electrons. The molecule has 0 saturated heterocycles. The summed E-state index contributed by atoms with van der Waals surface area (Å²) in [6.07, 6.45) is 0. The fourth-order valence-corrected chi connectivity index (χ4v) is 1.44. The van der Waals surface area contributed by atoms with E-state index < -0.39 is 0 Å². The van der Waals surface area contributed by atoms with E-state index in [9.17, 15) is 4.79 Å². The number of hydrogen-bond donors (Lipinski definition) is 1. The first-order chi connectivity index (χ1) is 4.16. The van der Waals surface area contributed by atoms with Crippen molar-refractivity contribution in [3.8, 4) is 0 Å². The predicted molar refractivity (Wildman–Crippen MR) is 49.8 cm³/mol. The quantitative estimate of drug-likeness (QED) is 0.780. The van der Waals surface area contributed by atoms with Gasteiger partial charge in [0.05, 0.1) is 5.75 Å². The van der Waals surface area contributed by atoms with Gasteiger partial charge in [-0.05, 0) is 35.1 Å². The van der Waals surface area contributed by atoms with Crippen LogP contribution in [0.2, 0.25) is 0 Å². The first kappa shape index (κ1) is 9.55. The highest BCUT2D eigenvalue weighted by atomic mass is 127. The third kappa shape index (κ3) is 6.44. The third-order valence-corrected chi connectivity index (χ3v) is 1.94. The molecule has 0 aromatic heterocycles. The minimum Gasteiger partial charge on any atom is -0.353 e. The summed E-state index contributed by atoms with van der Waals surface area (Å²) in [4.78, 5) is 10.7. The fourth-order valence-electron chi connectivity index (χ4n) is 0.413. The molecule has 0 aliphatic rings. The standard InChI is InChI=1S/C5H10INOS/c1-4(2)7-5(8)3-9-6/h4H,3H2,1-2H3,(H,7,8). The molecule has 0 unspecified atom stereocenters. The van der Waals surface area contributed by atoms with E-state index in [4.69, 9.17) is 0 Å². The lowest BCUT2D eigenvalue weighted by molar-refractivity contribution is -0.119. The Morgan fingerprint density at radius 3 is 2.67 bits per heavy atom. The van der Waals surface area contributed by atoms with Crippen LogP contribution in [0.4, 0.5) is 0 Å². The van der Waals surface area contributed by atoms with Crippen LogP contribution in [0.15, 0.2) is 0 Å². The molecule has 1 amide bonds. The van der Waals surface area contributed by atoms with Gasteiger partial charge in [-0.3, -0.25) is 4.79 Å². The SMILES string of the molecule is CC(C)NC(=O)CSI. The molecule has 54 valence electrons. The zero-order chi connectivity index (χ0) is 7.28. The van der Waals surface area contributed by atoms with Gasteiger partial charge in [-0.1, -0.05) is 8.93 Å². The molecular weight excluding hydrogens is 249 g/mol. The zero-order valence-corrected chi connectivity index (χ0v) is 8.45. The van der Waals surface area contributed by atoms with E-state index >= 15 is 0 Å². The summed E-state index contributed by atoms with van der Waals surface area (Å²) in [6.45, 7) is 3.91. The van der Waals surface area contributed by atoms with Crippen LogP contribution in [0.5, 0.6) is 0 Å². The van der Waals surface area contributed by atoms with Gasteiger partial charge >= 0.3 is 0 Å². The van der Waals surface area contributed by atoms with E-state index in [1.54, 1.807) is 0 Å². The topological polar surface area (TPSA) is 29.1 Å². The van der Waals surface area contributed by atoms with Gasteiger partial charge in [0.25, 0.3) is 0 Å². The van der Waals surface area contributed by atoms with E-state index in [0.717, 1.165) is 0 Å². The second-order valence-corrected chi connectivity index (χ2v) is 4.35. The third-order valence-electron chi connectivity index (χ3n) is 0.635. The van der Waals surface area contributed by atoms with E-state index in [0.29, 0.717) is 5.75 Å². The molecule has 0 aromatic rings. The summed E-state index contributed by atoms with van der Waals surface area (Å²) >= 11 is 2.11. The number of amides is 1. The van der Waals surface area contributed by atoms with Crippen molar-refractivity contribution in [2.45, 2.75) is 19.9 Å². The van der Waals surface area contributed by atoms with Crippen LogP contribution in [-0.2, 0) is 4.79 Å². The number of rotatable bonds is 3. The summed E-state index contributed by atoms with van der Waals surface area (Å²) in [6, 6.07) is 0.265. The molecule has 0 spiro atoms. The van der Waals surface area contributed by atoms with Gasteiger partial charge in [0.1, 0.15) is 0 Å². The van der Waals surface area contributed by atoms with E-state index in [1.807, 2.05) is 13.8 Å². The largest absolute Gasteiger partial charge is 0.353 e. The van der Waals surface area contributed by atoms with Gasteiger partial charge in [0.2, 0.25) is 5.91 Å². The molecule has 0 bridgehead atoms. The van der Waals surface area contributed by atoms with E-state index in [2.05, 4.69) is 26.5 Å². The lowest BCUT2D eigenvalue weighted by atomic mass is 10.4. The minimum atomic E-state index is 0.115. The molecule has 4 heteroatoms. The lowest BCUT2D eigenvalue weighted by Crippen LogP contribution is -2.31. The summed E-state index contributed by atoms with van der Waals surface area (Å²) in [7, 11) is 1.51. The molecule has 0 aromatic carbocycles. The van der Waals surface area contributed by atoms with Crippen molar-refractivity contribution < 1.29 is 4.79 Å². The zero-order valence-electron chi connectivity index (χ0n) is 5.48. The summed E-state index contributed by atoms with van der Waals surface area (Å²) in [5.41, 5.74) is 0. The maximum absolute atomic E-state index is 10.7. The van der Waals surface area contributed by atoms with E-state index in [1.165, 1.54) is 8.93 Å². The molecule has 1 N–H and O–H groups in total. The molecular formula is C5H10INOS. The second kappa shape index (κ2) is 5.34. The van der Waals surface area contributed by atoms with Crippen molar-refractivity contribution in [1.29, 1.82) is 0 Å². The Morgan fingerprint density at radius 1 is 1.78 bits per heavy atom. The van der Waals surface area contributed by atoms with Crippen LogP contribution >= 0.6 is 30.1 Å². The highest BCUT2D eigenvalue weighted by Gasteiger charge is 2.00. The average Bonchev–Trinajstić information content (AvgIpc) is 1.63. The number of halogens is 1. The maximum atomic E-state index is 10.7. The van der Waals surface area contributed by atoms with E-state index in [-0.39, 0.29) is 11.9 Å². The van der Waals surface area contributed by atoms with Gasteiger partial charge < -0.3 is 5.32 Å². The Kier molecular flexibility index (Phi) is 5.67. The van der Waals surface area contributed by atoms with Crippen LogP contribution in [0, 0.1) is 0 Å². The van der Waals surface area contributed by atoms with Crippen molar-refractivity contribution in [1.82, 2.24) is 5.32 Å². The van der Waals surface area contributed by atoms with Crippen LogP contribution < -0.4 is 5.32 Å². The molecule has 0 heterocycles. The Hall–Kier alpha value is 0.550. The second-order valence-electron chi connectivity index (χ2n) is 1.98. The monoisotopic (exact) mass is 259 g/mol. The number of hydrogen-bond acceptors (Lipinski definition) is 2. The molecule has 2 nitrogen and oxygen atoms in total. The number of carbonyl (C=O) groups is 1. The lowest BCUT2D eigenvalue weighted by Gasteiger charge is -2.05. The van der Waals surface area contributed by atoms with Crippen LogP contribution in [0.1, 0.15) is 13.8 Å². The van der Waals surface area contributed by atoms with Crippen molar-refractivity contribution in [2.24, 2.45) is 0 Å². The predicted octanol–water partition coefficient (Wildman–Crippen LogP) is 1.59. The van der Waals surface area contributed by atoms with Gasteiger partial charge in [-0.15, -0.1) is 0 Å². The van der Waals surface area contributed by atoms with Crippen LogP contribution in [-0.4, -0.2) is 17.7 Å². The van der Waals surface area contributed by atoms with Crippen molar-refractivity contribution in [2.75, 3.05) is 5.75 Å². The maximum Gasteiger partial charge on any atom is 0.231 e. The summed E-state index contributed by atoms with van der Waals surface area (Å²) in [5, 5.41) is 2.78. The molecule has 0 aliphatic heterocycles. The molecule has 0 aliphatic carbocycles. The van der Waals surface area contributed by atoms with Crippen molar-refractivity contribution in [3.05, 3.63) is 0 Å². The minimum absolute atomic E-state index is 0.115. The Morgan fingerprint density at radius 2 is 2.33 bits per heavy atom. The van der Waals surface area contributed by atoms with Gasteiger partial charge in [0.15, 0.2) is 0 Å². The number of nitrogens with one attached hydrogen (secondary N) is 1. The van der Waals surface area contributed by atoms with Crippen molar-refractivity contribution >= 4 is 36.0 Å². The number of carbonyl (C=O) groups excluding carboxylic acids is 1. The molecule has 0 saturated carbocycles. The molecule has 0 rings (SSSR count). The molecule has 0 fully saturated rings. The summed E-state index contributed by atoms with van der Waals surface area (Å²) in [5.74, 6) is 0.669. The normalized spacial score (nSPS) is 9.78. The highest BCUT2D eigenvalue weighted by Crippen LogP contribution is 2.08. The van der Waals surface area contributed by atoms with Gasteiger partial charge in [-0.2, -0.15) is 0 Å². The average molecular weight is 259 g/mol. The molecule has 9 heavy (non-hydrogen) atoms. The Balaban J connectivity index is 3.27. The Labute approximate surface area is 71.7 Å². The van der Waals surface area contributed by atoms with Gasteiger partial charge in [0, 0.05) is 6.04 Å². The highest BCUT2D eigenvalue weighted by molar-refractivity contribution is 14.2. The Bertz CT molecular complexity index is 97.0.